The van der Waals surface area contributed by atoms with Crippen LogP contribution in [0, 0.1) is 20.2 Å². The van der Waals surface area contributed by atoms with Crippen LogP contribution in [0.1, 0.15) is 15.9 Å². The van der Waals surface area contributed by atoms with Gasteiger partial charge in [0.05, 0.1) is 9.85 Å². The average molecular weight is 404 g/mol. The molecular weight excluding hydrogens is 388 g/mol. The Hall–Kier alpha value is -4.53. The van der Waals surface area contributed by atoms with E-state index in [1.165, 1.54) is 30.3 Å². The first-order valence-corrected chi connectivity index (χ1v) is 8.70. The number of nitrogens with zero attached hydrogens (tertiary/aromatic N) is 2. The van der Waals surface area contributed by atoms with Crippen LogP contribution in [0.2, 0.25) is 0 Å². The molecule has 0 atom stereocenters. The molecule has 0 radical (unpaired) electrons. The van der Waals surface area contributed by atoms with Gasteiger partial charge < -0.3 is 10.6 Å². The van der Waals surface area contributed by atoms with E-state index in [2.05, 4.69) is 17.2 Å². The fourth-order valence-electron chi connectivity index (χ4n) is 2.67. The summed E-state index contributed by atoms with van der Waals surface area (Å²) in [6.45, 7) is 3.92. The lowest BCUT2D eigenvalue weighted by Crippen LogP contribution is -2.12. The molecule has 0 unspecified atom stereocenters. The number of non-ortho nitro benzene ring substituents is 2. The van der Waals surface area contributed by atoms with Crippen LogP contribution in [0.4, 0.5) is 22.7 Å². The van der Waals surface area contributed by atoms with Crippen molar-refractivity contribution < 1.29 is 14.6 Å². The van der Waals surface area contributed by atoms with Gasteiger partial charge in [0.25, 0.3) is 17.3 Å². The van der Waals surface area contributed by atoms with Crippen LogP contribution in [-0.4, -0.2) is 15.8 Å². The molecule has 0 saturated carbocycles. The molecule has 1 amide bonds. The highest BCUT2D eigenvalue weighted by Gasteiger charge is 2.11. The third kappa shape index (κ3) is 4.84. The Morgan fingerprint density at radius 2 is 1.20 bits per heavy atom. The minimum Gasteiger partial charge on any atom is -0.355 e. The van der Waals surface area contributed by atoms with E-state index in [1.807, 2.05) is 0 Å². The van der Waals surface area contributed by atoms with Gasteiger partial charge in [0.15, 0.2) is 0 Å². The van der Waals surface area contributed by atoms with Crippen molar-refractivity contribution in [1.82, 2.24) is 0 Å². The summed E-state index contributed by atoms with van der Waals surface area (Å²) in [4.78, 5) is 33.1. The number of rotatable bonds is 7. The second-order valence-corrected chi connectivity index (χ2v) is 6.25. The molecule has 0 aliphatic carbocycles. The smallest absolute Gasteiger partial charge is 0.271 e. The molecule has 0 aliphatic rings. The summed E-state index contributed by atoms with van der Waals surface area (Å²) in [5.41, 5.74) is 2.22. The Bertz CT molecular complexity index is 1050. The molecule has 9 heteroatoms. The number of nitrogens with one attached hydrogen (secondary N) is 2. The zero-order valence-electron chi connectivity index (χ0n) is 15.6. The van der Waals surface area contributed by atoms with E-state index in [4.69, 9.17) is 0 Å². The van der Waals surface area contributed by atoms with Crippen molar-refractivity contribution in [2.45, 2.75) is 0 Å². The maximum Gasteiger partial charge on any atom is 0.271 e. The number of hydrogen-bond donors (Lipinski definition) is 2. The van der Waals surface area contributed by atoms with Crippen LogP contribution in [0.15, 0.2) is 79.4 Å². The Morgan fingerprint density at radius 3 is 1.70 bits per heavy atom. The molecule has 30 heavy (non-hydrogen) atoms. The maximum atomic E-state index is 12.4. The van der Waals surface area contributed by atoms with Crippen LogP contribution >= 0.6 is 0 Å². The molecule has 0 heterocycles. The highest BCUT2D eigenvalue weighted by molar-refractivity contribution is 6.04. The second kappa shape index (κ2) is 8.65. The van der Waals surface area contributed by atoms with Gasteiger partial charge in [-0.2, -0.15) is 0 Å². The summed E-state index contributed by atoms with van der Waals surface area (Å²) in [6.07, 6.45) is 0. The van der Waals surface area contributed by atoms with Gasteiger partial charge in [-0.25, -0.2) is 0 Å². The van der Waals surface area contributed by atoms with Crippen LogP contribution in [0.3, 0.4) is 0 Å². The van der Waals surface area contributed by atoms with Crippen LogP contribution in [0.25, 0.3) is 5.70 Å². The SMILES string of the molecule is C=C(Nc1cccc([N+](=O)[O-])c1)c1ccc(C(=O)Nc2cccc([N+](=O)[O-])c2)cc1. The molecular formula is C21H16N4O5. The number of carbonyl (C=O) groups excluding carboxylic acids is 1. The number of carbonyl (C=O) groups is 1. The quantitative estimate of drug-likeness (QED) is 0.428. The molecule has 2 N–H and O–H groups in total. The fourth-order valence-corrected chi connectivity index (χ4v) is 2.67. The molecule has 150 valence electrons. The first kappa shape index (κ1) is 20.2. The topological polar surface area (TPSA) is 127 Å². The van der Waals surface area contributed by atoms with Gasteiger partial charge in [-0.05, 0) is 29.8 Å². The van der Waals surface area contributed by atoms with Crippen molar-refractivity contribution in [3.63, 3.8) is 0 Å². The van der Waals surface area contributed by atoms with Gasteiger partial charge in [-0.3, -0.25) is 25.0 Å². The third-order valence-electron chi connectivity index (χ3n) is 4.16. The van der Waals surface area contributed by atoms with Crippen LogP contribution < -0.4 is 10.6 Å². The molecule has 0 aliphatic heterocycles. The van der Waals surface area contributed by atoms with Crippen molar-refractivity contribution >= 4 is 34.4 Å². The first-order chi connectivity index (χ1) is 14.3. The lowest BCUT2D eigenvalue weighted by atomic mass is 10.1. The van der Waals surface area contributed by atoms with E-state index in [-0.39, 0.29) is 11.4 Å². The minimum atomic E-state index is -0.537. The summed E-state index contributed by atoms with van der Waals surface area (Å²) >= 11 is 0. The van der Waals surface area contributed by atoms with Gasteiger partial charge >= 0.3 is 0 Å². The van der Waals surface area contributed by atoms with Gasteiger partial charge in [0.1, 0.15) is 0 Å². The number of nitro benzene ring substituents is 2. The van der Waals surface area contributed by atoms with Gasteiger partial charge in [0.2, 0.25) is 0 Å². The normalized spacial score (nSPS) is 10.1. The molecule has 3 aromatic rings. The van der Waals surface area contributed by atoms with Crippen molar-refractivity contribution in [2.75, 3.05) is 10.6 Å². The lowest BCUT2D eigenvalue weighted by Gasteiger charge is -2.11. The monoisotopic (exact) mass is 404 g/mol. The van der Waals surface area contributed by atoms with E-state index >= 15 is 0 Å². The minimum absolute atomic E-state index is 0.0408. The number of nitro groups is 2. The maximum absolute atomic E-state index is 12.4. The van der Waals surface area contributed by atoms with E-state index in [0.29, 0.717) is 28.2 Å². The highest BCUT2D eigenvalue weighted by Crippen LogP contribution is 2.22. The summed E-state index contributed by atoms with van der Waals surface area (Å²) in [5, 5.41) is 27.3. The highest BCUT2D eigenvalue weighted by atomic mass is 16.6. The second-order valence-electron chi connectivity index (χ2n) is 6.25. The van der Waals surface area contributed by atoms with Gasteiger partial charge in [0, 0.05) is 46.9 Å². The molecule has 9 nitrogen and oxygen atoms in total. The molecule has 0 bridgehead atoms. The molecule has 0 fully saturated rings. The lowest BCUT2D eigenvalue weighted by molar-refractivity contribution is -0.385. The number of anilines is 2. The zero-order chi connectivity index (χ0) is 21.7. The third-order valence-corrected chi connectivity index (χ3v) is 4.16. The van der Waals surface area contributed by atoms with Crippen molar-refractivity contribution in [2.24, 2.45) is 0 Å². The number of amides is 1. The van der Waals surface area contributed by atoms with Crippen LogP contribution in [-0.2, 0) is 0 Å². The zero-order valence-corrected chi connectivity index (χ0v) is 15.6. The Morgan fingerprint density at radius 1 is 0.733 bits per heavy atom. The summed E-state index contributed by atoms with van der Waals surface area (Å²) < 4.78 is 0. The van der Waals surface area contributed by atoms with Crippen molar-refractivity contribution in [3.8, 4) is 0 Å². The molecule has 0 aromatic heterocycles. The Labute approximate surface area is 171 Å². The van der Waals surface area contributed by atoms with E-state index in [1.54, 1.807) is 42.5 Å². The van der Waals surface area contributed by atoms with Gasteiger partial charge in [-0.15, -0.1) is 0 Å². The van der Waals surface area contributed by atoms with E-state index < -0.39 is 15.8 Å². The standard InChI is InChI=1S/C21H16N4O5/c1-14(22-17-4-2-6-19(12-17)24(27)28)15-8-10-16(11-9-15)21(26)23-18-5-3-7-20(13-18)25(29)30/h2-13,22H,1H2,(H,23,26). The van der Waals surface area contributed by atoms with Gasteiger partial charge in [-0.1, -0.05) is 30.8 Å². The average Bonchev–Trinajstić information content (AvgIpc) is 2.74. The fraction of sp³-hybridized carbons (Fsp3) is 0. The molecule has 0 spiro atoms. The Balaban J connectivity index is 1.68. The molecule has 3 rings (SSSR count). The van der Waals surface area contributed by atoms with Crippen molar-refractivity contribution in [1.29, 1.82) is 0 Å². The molecule has 0 saturated heterocycles. The van der Waals surface area contributed by atoms with Crippen LogP contribution in [0.5, 0.6) is 0 Å². The predicted molar refractivity (Wildman–Crippen MR) is 113 cm³/mol. The van der Waals surface area contributed by atoms with Crippen molar-refractivity contribution in [3.05, 3.63) is 111 Å². The number of hydrogen-bond acceptors (Lipinski definition) is 6. The summed E-state index contributed by atoms with van der Waals surface area (Å²) in [6, 6.07) is 18.2. The van der Waals surface area contributed by atoms with E-state index in [0.717, 1.165) is 0 Å². The number of benzene rings is 3. The Kier molecular flexibility index (Phi) is 5.83. The van der Waals surface area contributed by atoms with E-state index in [9.17, 15) is 25.0 Å². The summed E-state index contributed by atoms with van der Waals surface area (Å²) in [7, 11) is 0. The molecule has 3 aromatic carbocycles. The first-order valence-electron chi connectivity index (χ1n) is 8.70. The summed E-state index contributed by atoms with van der Waals surface area (Å²) in [5.74, 6) is -0.417. The largest absolute Gasteiger partial charge is 0.355 e. The predicted octanol–water partition coefficient (Wildman–Crippen LogP) is 4.84.